The summed E-state index contributed by atoms with van der Waals surface area (Å²) in [6.45, 7) is 0. The molecule has 0 aliphatic heterocycles. The molecule has 0 radical (unpaired) electrons. The van der Waals surface area contributed by atoms with E-state index in [1.54, 1.807) is 24.3 Å². The Kier molecular flexibility index (Phi) is 7.23. The summed E-state index contributed by atoms with van der Waals surface area (Å²) in [4.78, 5) is 12.9. The van der Waals surface area contributed by atoms with Gasteiger partial charge in [-0.1, -0.05) is 60.1 Å². The Bertz CT molecular complexity index is 1610. The van der Waals surface area contributed by atoms with E-state index in [4.69, 9.17) is 4.74 Å². The molecule has 0 fully saturated rings. The fourth-order valence-corrected chi connectivity index (χ4v) is 3.62. The van der Waals surface area contributed by atoms with Crippen LogP contribution in [0.3, 0.4) is 0 Å². The molecule has 0 spiro atoms. The van der Waals surface area contributed by atoms with Gasteiger partial charge in [0.05, 0.1) is 0 Å². The summed E-state index contributed by atoms with van der Waals surface area (Å²) in [6, 6.07) is 41.8. The third-order valence-electron chi connectivity index (χ3n) is 5.60. The molecule has 0 N–H and O–H groups in total. The summed E-state index contributed by atoms with van der Waals surface area (Å²) >= 11 is 0. The average molecular weight is 475 g/mol. The number of benzene rings is 5. The Morgan fingerprint density at radius 3 is 1.16 bits per heavy atom. The molecule has 0 unspecified atom stereocenters. The SMILES string of the molecule is O=C(c1ccc(C#Cc2ccccc2)cc1)c1ccc(Oc2ccc(C#Cc3ccccc3)cc2)cc1. The number of hydrogen-bond donors (Lipinski definition) is 0. The Morgan fingerprint density at radius 2 is 0.730 bits per heavy atom. The Labute approximate surface area is 217 Å². The van der Waals surface area contributed by atoms with Crippen LogP contribution in [0.4, 0.5) is 0 Å². The zero-order chi connectivity index (χ0) is 25.3. The lowest BCUT2D eigenvalue weighted by atomic mass is 10.0. The summed E-state index contributed by atoms with van der Waals surface area (Å²) in [5, 5.41) is 0. The van der Waals surface area contributed by atoms with Gasteiger partial charge in [0.2, 0.25) is 0 Å². The Hall–Kier alpha value is -5.31. The summed E-state index contributed by atoms with van der Waals surface area (Å²) in [5.74, 6) is 13.9. The lowest BCUT2D eigenvalue weighted by Crippen LogP contribution is -2.01. The van der Waals surface area contributed by atoms with Crippen LogP contribution in [0.5, 0.6) is 11.5 Å². The predicted molar refractivity (Wildman–Crippen MR) is 148 cm³/mol. The molecule has 0 aromatic heterocycles. The predicted octanol–water partition coefficient (Wildman–Crippen LogP) is 7.51. The molecule has 5 aromatic carbocycles. The minimum Gasteiger partial charge on any atom is -0.457 e. The van der Waals surface area contributed by atoms with Crippen molar-refractivity contribution in [2.45, 2.75) is 0 Å². The van der Waals surface area contributed by atoms with E-state index in [1.165, 1.54) is 0 Å². The van der Waals surface area contributed by atoms with Crippen molar-refractivity contribution in [1.82, 2.24) is 0 Å². The average Bonchev–Trinajstić information content (AvgIpc) is 2.97. The molecule has 2 nitrogen and oxygen atoms in total. The van der Waals surface area contributed by atoms with Gasteiger partial charge >= 0.3 is 0 Å². The highest BCUT2D eigenvalue weighted by atomic mass is 16.5. The van der Waals surface area contributed by atoms with Crippen LogP contribution in [0.2, 0.25) is 0 Å². The van der Waals surface area contributed by atoms with Crippen LogP contribution in [0.1, 0.15) is 38.2 Å². The van der Waals surface area contributed by atoms with E-state index >= 15 is 0 Å². The number of rotatable bonds is 4. The number of carbonyl (C=O) groups is 1. The second kappa shape index (κ2) is 11.4. The van der Waals surface area contributed by atoms with E-state index in [2.05, 4.69) is 23.7 Å². The van der Waals surface area contributed by atoms with Gasteiger partial charge in [0.15, 0.2) is 5.78 Å². The van der Waals surface area contributed by atoms with E-state index in [0.717, 1.165) is 22.3 Å². The van der Waals surface area contributed by atoms with Gasteiger partial charge in [0.25, 0.3) is 0 Å². The normalized spacial score (nSPS) is 9.84. The van der Waals surface area contributed by atoms with E-state index in [-0.39, 0.29) is 5.78 Å². The van der Waals surface area contributed by atoms with Gasteiger partial charge in [-0.3, -0.25) is 4.79 Å². The van der Waals surface area contributed by atoms with Crippen LogP contribution in [0, 0.1) is 23.7 Å². The van der Waals surface area contributed by atoms with Crippen molar-refractivity contribution in [3.8, 4) is 35.2 Å². The van der Waals surface area contributed by atoms with Crippen LogP contribution in [-0.4, -0.2) is 5.78 Å². The highest BCUT2D eigenvalue weighted by Crippen LogP contribution is 2.23. The fourth-order valence-electron chi connectivity index (χ4n) is 3.62. The van der Waals surface area contributed by atoms with Crippen molar-refractivity contribution in [1.29, 1.82) is 0 Å². The molecule has 0 atom stereocenters. The van der Waals surface area contributed by atoms with E-state index < -0.39 is 0 Å². The molecule has 0 saturated heterocycles. The quantitative estimate of drug-likeness (QED) is 0.199. The highest BCUT2D eigenvalue weighted by molar-refractivity contribution is 6.09. The first-order chi connectivity index (χ1) is 18.2. The van der Waals surface area contributed by atoms with E-state index in [9.17, 15) is 4.79 Å². The topological polar surface area (TPSA) is 26.3 Å². The first-order valence-corrected chi connectivity index (χ1v) is 11.9. The van der Waals surface area contributed by atoms with Crippen molar-refractivity contribution in [3.05, 3.63) is 167 Å². The van der Waals surface area contributed by atoms with Gasteiger partial charge in [-0.05, 0) is 97.1 Å². The first-order valence-electron chi connectivity index (χ1n) is 11.9. The fraction of sp³-hybridized carbons (Fsp3) is 0. The van der Waals surface area contributed by atoms with Crippen molar-refractivity contribution < 1.29 is 9.53 Å². The number of ether oxygens (including phenoxy) is 1. The third-order valence-corrected chi connectivity index (χ3v) is 5.60. The van der Waals surface area contributed by atoms with Crippen molar-refractivity contribution in [3.63, 3.8) is 0 Å². The molecule has 2 heteroatoms. The summed E-state index contributed by atoms with van der Waals surface area (Å²) < 4.78 is 5.94. The largest absolute Gasteiger partial charge is 0.457 e. The summed E-state index contributed by atoms with van der Waals surface area (Å²) in [5.41, 5.74) is 4.92. The van der Waals surface area contributed by atoms with Crippen LogP contribution in [0.15, 0.2) is 133 Å². The van der Waals surface area contributed by atoms with E-state index in [1.807, 2.05) is 109 Å². The standard InChI is InChI=1S/C35H22O2/c36-35(31-19-15-29(16-20-31)13-11-27-7-3-1-4-8-27)32-21-25-34(26-22-32)37-33-23-17-30(18-24-33)14-12-28-9-5-2-6-10-28/h1-10,15-26H. The van der Waals surface area contributed by atoms with Crippen LogP contribution >= 0.6 is 0 Å². The highest BCUT2D eigenvalue weighted by Gasteiger charge is 2.09. The maximum Gasteiger partial charge on any atom is 0.193 e. The minimum atomic E-state index is -0.0459. The Balaban J connectivity index is 1.20. The van der Waals surface area contributed by atoms with E-state index in [0.29, 0.717) is 22.6 Å². The molecule has 5 rings (SSSR count). The molecule has 0 bridgehead atoms. The molecule has 0 aliphatic carbocycles. The second-order valence-corrected chi connectivity index (χ2v) is 8.29. The van der Waals surface area contributed by atoms with Crippen LogP contribution < -0.4 is 4.74 Å². The zero-order valence-corrected chi connectivity index (χ0v) is 20.0. The maximum absolute atomic E-state index is 12.9. The van der Waals surface area contributed by atoms with Crippen molar-refractivity contribution in [2.75, 3.05) is 0 Å². The van der Waals surface area contributed by atoms with Gasteiger partial charge in [-0.2, -0.15) is 0 Å². The molecule has 0 heterocycles. The molecular weight excluding hydrogens is 452 g/mol. The van der Waals surface area contributed by atoms with Crippen molar-refractivity contribution in [2.24, 2.45) is 0 Å². The third kappa shape index (κ3) is 6.43. The van der Waals surface area contributed by atoms with Crippen LogP contribution in [0.25, 0.3) is 0 Å². The number of carbonyl (C=O) groups excluding carboxylic acids is 1. The van der Waals surface area contributed by atoms with Crippen LogP contribution in [-0.2, 0) is 0 Å². The zero-order valence-electron chi connectivity index (χ0n) is 20.0. The van der Waals surface area contributed by atoms with Gasteiger partial charge in [-0.15, -0.1) is 0 Å². The molecule has 174 valence electrons. The maximum atomic E-state index is 12.9. The molecule has 0 aliphatic rings. The monoisotopic (exact) mass is 474 g/mol. The van der Waals surface area contributed by atoms with Crippen molar-refractivity contribution >= 4 is 5.78 Å². The summed E-state index contributed by atoms with van der Waals surface area (Å²) in [6.07, 6.45) is 0. The smallest absolute Gasteiger partial charge is 0.193 e. The Morgan fingerprint density at radius 1 is 0.405 bits per heavy atom. The minimum absolute atomic E-state index is 0.0459. The summed E-state index contributed by atoms with van der Waals surface area (Å²) in [7, 11) is 0. The molecular formula is C35H22O2. The molecule has 5 aromatic rings. The molecule has 0 amide bonds. The van der Waals surface area contributed by atoms with Gasteiger partial charge in [-0.25, -0.2) is 0 Å². The lowest BCUT2D eigenvalue weighted by Gasteiger charge is -2.07. The van der Waals surface area contributed by atoms with Gasteiger partial charge in [0.1, 0.15) is 11.5 Å². The second-order valence-electron chi connectivity index (χ2n) is 8.29. The number of hydrogen-bond acceptors (Lipinski definition) is 2. The lowest BCUT2D eigenvalue weighted by molar-refractivity contribution is 0.103. The molecule has 37 heavy (non-hydrogen) atoms. The van der Waals surface area contributed by atoms with Gasteiger partial charge in [0, 0.05) is 33.4 Å². The number of ketones is 1. The van der Waals surface area contributed by atoms with Gasteiger partial charge < -0.3 is 4.74 Å². The first kappa shape index (κ1) is 23.4. The molecule has 0 saturated carbocycles.